The molecule has 4 heteroatoms. The van der Waals surface area contributed by atoms with Crippen molar-refractivity contribution in [1.29, 1.82) is 0 Å². The number of Topliss-reactive ketones (excluding diaryl/α,β-unsaturated/α-hetero) is 1. The van der Waals surface area contributed by atoms with Crippen LogP contribution in [0.25, 0.3) is 6.08 Å². The molecule has 0 unspecified atom stereocenters. The maximum absolute atomic E-state index is 12.4. The summed E-state index contributed by atoms with van der Waals surface area (Å²) in [5, 5.41) is 2.00. The average molecular weight is 286 g/mol. The molecule has 1 heterocycles. The molecule has 0 bridgehead atoms. The summed E-state index contributed by atoms with van der Waals surface area (Å²) in [5.41, 5.74) is 2.53. The highest BCUT2D eigenvalue weighted by Crippen LogP contribution is 2.37. The number of ether oxygens (including phenoxy) is 2. The van der Waals surface area contributed by atoms with Gasteiger partial charge >= 0.3 is 0 Å². The standard InChI is InChI=1S/C16H14O3S/c1-18-14-8-10-6-11(7-12-4-3-5-20-12)16(17)13(10)9-15(14)19-2/h3-5,7-9H,6H2,1-2H3/b11-7+. The first-order valence-corrected chi connectivity index (χ1v) is 7.14. The quantitative estimate of drug-likeness (QED) is 0.809. The van der Waals surface area contributed by atoms with Crippen molar-refractivity contribution in [3.8, 4) is 11.5 Å². The highest BCUT2D eigenvalue weighted by molar-refractivity contribution is 7.10. The summed E-state index contributed by atoms with van der Waals surface area (Å²) in [4.78, 5) is 13.5. The Labute approximate surface area is 121 Å². The molecule has 20 heavy (non-hydrogen) atoms. The van der Waals surface area contributed by atoms with E-state index in [1.807, 2.05) is 29.7 Å². The maximum atomic E-state index is 12.4. The van der Waals surface area contributed by atoms with Crippen LogP contribution in [0.2, 0.25) is 0 Å². The Balaban J connectivity index is 2.02. The molecular weight excluding hydrogens is 272 g/mol. The van der Waals surface area contributed by atoms with Gasteiger partial charge < -0.3 is 9.47 Å². The number of thiophene rings is 1. The molecule has 0 aliphatic heterocycles. The van der Waals surface area contributed by atoms with Crippen LogP contribution in [0.5, 0.6) is 11.5 Å². The lowest BCUT2D eigenvalue weighted by atomic mass is 10.1. The van der Waals surface area contributed by atoms with E-state index in [2.05, 4.69) is 0 Å². The van der Waals surface area contributed by atoms with E-state index in [1.54, 1.807) is 31.6 Å². The third kappa shape index (κ3) is 2.12. The third-order valence-electron chi connectivity index (χ3n) is 3.39. The fraction of sp³-hybridized carbons (Fsp3) is 0.188. The second kappa shape index (κ2) is 5.13. The summed E-state index contributed by atoms with van der Waals surface area (Å²) in [7, 11) is 3.18. The molecule has 1 aliphatic carbocycles. The van der Waals surface area contributed by atoms with Gasteiger partial charge in [-0.15, -0.1) is 11.3 Å². The molecule has 1 aromatic heterocycles. The summed E-state index contributed by atoms with van der Waals surface area (Å²) >= 11 is 1.63. The minimum absolute atomic E-state index is 0.0781. The van der Waals surface area contributed by atoms with Crippen LogP contribution in [0.1, 0.15) is 20.8 Å². The van der Waals surface area contributed by atoms with E-state index in [0.29, 0.717) is 23.5 Å². The molecule has 0 saturated carbocycles. The number of hydrogen-bond donors (Lipinski definition) is 0. The van der Waals surface area contributed by atoms with Gasteiger partial charge in [-0.2, -0.15) is 0 Å². The first-order chi connectivity index (χ1) is 9.72. The summed E-state index contributed by atoms with van der Waals surface area (Å²) in [6, 6.07) is 7.65. The highest BCUT2D eigenvalue weighted by Gasteiger charge is 2.27. The highest BCUT2D eigenvalue weighted by atomic mass is 32.1. The predicted octanol–water partition coefficient (Wildman–Crippen LogP) is 3.59. The van der Waals surface area contributed by atoms with Gasteiger partial charge in [0.15, 0.2) is 17.3 Å². The van der Waals surface area contributed by atoms with Crippen molar-refractivity contribution in [2.75, 3.05) is 14.2 Å². The van der Waals surface area contributed by atoms with Crippen LogP contribution in [0.4, 0.5) is 0 Å². The lowest BCUT2D eigenvalue weighted by molar-refractivity contribution is 0.104. The predicted molar refractivity (Wildman–Crippen MR) is 79.9 cm³/mol. The SMILES string of the molecule is COc1cc2c(cc1OC)C(=O)/C(=C/c1cccs1)C2. The van der Waals surface area contributed by atoms with Crippen molar-refractivity contribution < 1.29 is 14.3 Å². The molecule has 0 atom stereocenters. The molecule has 0 radical (unpaired) electrons. The van der Waals surface area contributed by atoms with E-state index in [1.165, 1.54) is 0 Å². The van der Waals surface area contributed by atoms with Gasteiger partial charge in [-0.25, -0.2) is 0 Å². The van der Waals surface area contributed by atoms with E-state index < -0.39 is 0 Å². The molecule has 3 nitrogen and oxygen atoms in total. The van der Waals surface area contributed by atoms with Crippen molar-refractivity contribution >= 4 is 23.2 Å². The minimum Gasteiger partial charge on any atom is -0.493 e. The molecule has 3 rings (SSSR count). The molecule has 1 aromatic carbocycles. The number of carbonyl (C=O) groups is 1. The largest absolute Gasteiger partial charge is 0.493 e. The van der Waals surface area contributed by atoms with Crippen LogP contribution in [0, 0.1) is 0 Å². The molecule has 0 amide bonds. The van der Waals surface area contributed by atoms with Gasteiger partial charge in [-0.05, 0) is 35.2 Å². The van der Waals surface area contributed by atoms with Crippen LogP contribution in [-0.4, -0.2) is 20.0 Å². The zero-order chi connectivity index (χ0) is 14.1. The fourth-order valence-corrected chi connectivity index (χ4v) is 3.08. The third-order valence-corrected chi connectivity index (χ3v) is 4.21. The van der Waals surface area contributed by atoms with Crippen LogP contribution in [-0.2, 0) is 6.42 Å². The Morgan fingerprint density at radius 2 is 1.95 bits per heavy atom. The lowest BCUT2D eigenvalue weighted by Crippen LogP contribution is -1.97. The molecule has 0 spiro atoms. The van der Waals surface area contributed by atoms with Crippen molar-refractivity contribution in [3.63, 3.8) is 0 Å². The summed E-state index contributed by atoms with van der Waals surface area (Å²) < 4.78 is 10.5. The van der Waals surface area contributed by atoms with Gasteiger partial charge in [-0.1, -0.05) is 6.07 Å². The van der Waals surface area contributed by atoms with Crippen LogP contribution >= 0.6 is 11.3 Å². The zero-order valence-electron chi connectivity index (χ0n) is 11.3. The molecular formula is C16H14O3S. The summed E-state index contributed by atoms with van der Waals surface area (Å²) in [6.45, 7) is 0. The Hall–Kier alpha value is -2.07. The van der Waals surface area contributed by atoms with E-state index in [4.69, 9.17) is 9.47 Å². The van der Waals surface area contributed by atoms with Crippen molar-refractivity contribution in [3.05, 3.63) is 51.2 Å². The Kier molecular flexibility index (Phi) is 3.32. The first kappa shape index (κ1) is 12.9. The van der Waals surface area contributed by atoms with Crippen molar-refractivity contribution in [2.24, 2.45) is 0 Å². The van der Waals surface area contributed by atoms with E-state index in [-0.39, 0.29) is 5.78 Å². The topological polar surface area (TPSA) is 35.5 Å². The number of hydrogen-bond acceptors (Lipinski definition) is 4. The number of rotatable bonds is 3. The monoisotopic (exact) mass is 286 g/mol. The van der Waals surface area contributed by atoms with Gasteiger partial charge in [-0.3, -0.25) is 4.79 Å². The molecule has 0 fully saturated rings. The molecule has 0 saturated heterocycles. The van der Waals surface area contributed by atoms with Crippen LogP contribution < -0.4 is 9.47 Å². The summed E-state index contributed by atoms with van der Waals surface area (Å²) in [5.74, 6) is 1.34. The fourth-order valence-electron chi connectivity index (χ4n) is 2.40. The van der Waals surface area contributed by atoms with E-state index >= 15 is 0 Å². The normalized spacial score (nSPS) is 15.5. The van der Waals surface area contributed by atoms with Crippen molar-refractivity contribution in [2.45, 2.75) is 6.42 Å². The minimum atomic E-state index is 0.0781. The second-order valence-corrected chi connectivity index (χ2v) is 5.53. The Bertz CT molecular complexity index is 684. The van der Waals surface area contributed by atoms with E-state index in [9.17, 15) is 4.79 Å². The summed E-state index contributed by atoms with van der Waals surface area (Å²) in [6.07, 6.45) is 2.61. The number of methoxy groups -OCH3 is 2. The molecule has 2 aromatic rings. The number of fused-ring (bicyclic) bond motifs is 1. The number of carbonyl (C=O) groups excluding carboxylic acids is 1. The van der Waals surface area contributed by atoms with Crippen LogP contribution in [0.3, 0.4) is 0 Å². The number of allylic oxidation sites excluding steroid dienone is 1. The van der Waals surface area contributed by atoms with Crippen LogP contribution in [0.15, 0.2) is 35.2 Å². The maximum Gasteiger partial charge on any atom is 0.189 e. The van der Waals surface area contributed by atoms with Gasteiger partial charge in [0.05, 0.1) is 14.2 Å². The molecule has 1 aliphatic rings. The average Bonchev–Trinajstić information content (AvgIpc) is 3.07. The first-order valence-electron chi connectivity index (χ1n) is 6.26. The Morgan fingerprint density at radius 3 is 2.60 bits per heavy atom. The van der Waals surface area contributed by atoms with Gasteiger partial charge in [0.25, 0.3) is 0 Å². The van der Waals surface area contributed by atoms with Gasteiger partial charge in [0.1, 0.15) is 0 Å². The molecule has 102 valence electrons. The Morgan fingerprint density at radius 1 is 1.20 bits per heavy atom. The van der Waals surface area contributed by atoms with Gasteiger partial charge in [0, 0.05) is 22.4 Å². The molecule has 0 N–H and O–H groups in total. The number of ketones is 1. The zero-order valence-corrected chi connectivity index (χ0v) is 12.1. The van der Waals surface area contributed by atoms with Crippen molar-refractivity contribution in [1.82, 2.24) is 0 Å². The van der Waals surface area contributed by atoms with Gasteiger partial charge in [0.2, 0.25) is 0 Å². The smallest absolute Gasteiger partial charge is 0.189 e. The van der Waals surface area contributed by atoms with E-state index in [0.717, 1.165) is 16.0 Å². The second-order valence-electron chi connectivity index (χ2n) is 4.56. The number of benzene rings is 1. The lowest BCUT2D eigenvalue weighted by Gasteiger charge is -2.08.